The lowest BCUT2D eigenvalue weighted by atomic mass is 9.79. The summed E-state index contributed by atoms with van der Waals surface area (Å²) in [5.74, 6) is 1.89. The molecule has 1 heterocycles. The van der Waals surface area contributed by atoms with E-state index >= 15 is 0 Å². The zero-order valence-electron chi connectivity index (χ0n) is 26.4. The molecule has 0 amide bonds. The first-order valence-corrected chi connectivity index (χ1v) is 15.2. The van der Waals surface area contributed by atoms with Gasteiger partial charge in [0, 0.05) is 11.1 Å². The second kappa shape index (κ2) is 14.0. The van der Waals surface area contributed by atoms with Crippen molar-refractivity contribution < 1.29 is 19.2 Å². The van der Waals surface area contributed by atoms with Crippen molar-refractivity contribution in [1.82, 2.24) is 0 Å². The summed E-state index contributed by atoms with van der Waals surface area (Å²) >= 11 is 4.10. The third-order valence-corrected chi connectivity index (χ3v) is 8.48. The minimum absolute atomic E-state index is 0.218. The molecule has 4 rings (SSSR count). The number of phenols is 1. The van der Waals surface area contributed by atoms with Crippen LogP contribution in [0.1, 0.15) is 65.2 Å². The number of hydrogen-bond donors (Lipinski definition) is 2. The first kappa shape index (κ1) is 33.6. The summed E-state index contributed by atoms with van der Waals surface area (Å²) in [7, 11) is -0.389. The van der Waals surface area contributed by atoms with Gasteiger partial charge < -0.3 is 19.2 Å². The number of allylic oxidation sites excluding steroid dienone is 2. The van der Waals surface area contributed by atoms with Gasteiger partial charge in [0.05, 0.1) is 11.2 Å². The summed E-state index contributed by atoms with van der Waals surface area (Å²) in [6, 6.07) is 19.8. The molecule has 42 heavy (non-hydrogen) atoms. The fourth-order valence-electron chi connectivity index (χ4n) is 4.21. The van der Waals surface area contributed by atoms with Gasteiger partial charge in [0.15, 0.2) is 0 Å². The third-order valence-electron chi connectivity index (χ3n) is 7.53. The lowest BCUT2D eigenvalue weighted by Gasteiger charge is -2.32. The smallest absolute Gasteiger partial charge is 0.494 e. The van der Waals surface area contributed by atoms with Crippen LogP contribution in [0.15, 0.2) is 86.0 Å². The lowest BCUT2D eigenvalue weighted by Crippen LogP contribution is -2.41. The van der Waals surface area contributed by atoms with E-state index in [4.69, 9.17) is 14.0 Å². The van der Waals surface area contributed by atoms with E-state index < -0.39 is 0 Å². The number of ether oxygens (including phenoxy) is 1. The molecular weight excluding hydrogens is 539 g/mol. The number of phenolic OH excluding ortho intramolecular Hbond substituents is 1. The fourth-order valence-corrected chi connectivity index (χ4v) is 4.21. The average Bonchev–Trinajstić information content (AvgIpc) is 3.16. The van der Waals surface area contributed by atoms with Crippen LogP contribution in [0, 0.1) is 5.41 Å². The SMILES string of the molecule is C=CCc1ccc(O)c(-c2cc(CC=C)ccc2OCc2ccc(B3OC(C)(C)C(C)(C)O3)cc2)c1.CC(C)(C)CS. The van der Waals surface area contributed by atoms with Gasteiger partial charge in [-0.05, 0) is 98.1 Å². The fraction of sp³-hybridized carbons (Fsp3) is 0.389. The molecule has 4 nitrogen and oxygen atoms in total. The second-order valence-electron chi connectivity index (χ2n) is 13.0. The highest BCUT2D eigenvalue weighted by Gasteiger charge is 2.51. The van der Waals surface area contributed by atoms with Gasteiger partial charge in [-0.2, -0.15) is 12.6 Å². The highest BCUT2D eigenvalue weighted by molar-refractivity contribution is 7.80. The Morgan fingerprint density at radius 3 is 1.79 bits per heavy atom. The Kier molecular flexibility index (Phi) is 11.2. The summed E-state index contributed by atoms with van der Waals surface area (Å²) in [5, 5.41) is 10.7. The summed E-state index contributed by atoms with van der Waals surface area (Å²) < 4.78 is 18.6. The predicted octanol–water partition coefficient (Wildman–Crippen LogP) is 8.36. The van der Waals surface area contributed by atoms with Gasteiger partial charge in [-0.15, -0.1) is 13.2 Å². The van der Waals surface area contributed by atoms with Crippen LogP contribution in [0.4, 0.5) is 0 Å². The molecule has 3 aromatic rings. The van der Waals surface area contributed by atoms with Crippen LogP contribution < -0.4 is 10.2 Å². The zero-order valence-corrected chi connectivity index (χ0v) is 27.3. The van der Waals surface area contributed by atoms with Crippen LogP contribution in [0.2, 0.25) is 0 Å². The maximum atomic E-state index is 10.7. The van der Waals surface area contributed by atoms with E-state index in [0.29, 0.717) is 17.8 Å². The molecule has 0 radical (unpaired) electrons. The number of aromatic hydroxyl groups is 1. The molecule has 1 fully saturated rings. The van der Waals surface area contributed by atoms with Crippen molar-refractivity contribution in [3.05, 3.63) is 103 Å². The summed E-state index contributed by atoms with van der Waals surface area (Å²) in [5.41, 5.74) is 5.45. The Hall–Kier alpha value is -2.93. The molecule has 0 saturated carbocycles. The number of rotatable bonds is 9. The minimum atomic E-state index is -0.389. The lowest BCUT2D eigenvalue weighted by molar-refractivity contribution is 0.00578. The Bertz CT molecular complexity index is 1340. The van der Waals surface area contributed by atoms with Crippen molar-refractivity contribution in [3.8, 4) is 22.6 Å². The van der Waals surface area contributed by atoms with E-state index in [1.165, 1.54) is 0 Å². The van der Waals surface area contributed by atoms with Crippen LogP contribution in [0.25, 0.3) is 11.1 Å². The van der Waals surface area contributed by atoms with Gasteiger partial charge in [-0.3, -0.25) is 0 Å². The van der Waals surface area contributed by atoms with E-state index in [2.05, 4.69) is 80.3 Å². The number of thiol groups is 1. The van der Waals surface area contributed by atoms with Crippen LogP contribution in [0.5, 0.6) is 11.5 Å². The van der Waals surface area contributed by atoms with Crippen molar-refractivity contribution in [3.63, 3.8) is 0 Å². The van der Waals surface area contributed by atoms with Gasteiger partial charge in [0.1, 0.15) is 18.1 Å². The van der Waals surface area contributed by atoms with E-state index in [1.54, 1.807) is 6.07 Å². The van der Waals surface area contributed by atoms with Gasteiger partial charge in [0.2, 0.25) is 0 Å². The first-order chi connectivity index (χ1) is 19.7. The molecule has 224 valence electrons. The largest absolute Gasteiger partial charge is 0.507 e. The zero-order chi connectivity index (χ0) is 31.1. The maximum Gasteiger partial charge on any atom is 0.494 e. The molecule has 1 N–H and O–H groups in total. The van der Waals surface area contributed by atoms with Gasteiger partial charge in [-0.1, -0.05) is 69.3 Å². The van der Waals surface area contributed by atoms with Gasteiger partial charge >= 0.3 is 7.12 Å². The molecule has 0 bridgehead atoms. The Morgan fingerprint density at radius 1 is 0.810 bits per heavy atom. The molecule has 0 aliphatic carbocycles. The van der Waals surface area contributed by atoms with Crippen molar-refractivity contribution in [2.24, 2.45) is 5.41 Å². The molecule has 1 aliphatic rings. The molecule has 0 spiro atoms. The van der Waals surface area contributed by atoms with E-state index in [1.807, 2.05) is 60.7 Å². The average molecular weight is 587 g/mol. The number of hydrogen-bond acceptors (Lipinski definition) is 5. The van der Waals surface area contributed by atoms with Crippen molar-refractivity contribution in [1.29, 1.82) is 0 Å². The second-order valence-corrected chi connectivity index (χ2v) is 13.3. The highest BCUT2D eigenvalue weighted by atomic mass is 32.1. The summed E-state index contributed by atoms with van der Waals surface area (Å²) in [6.07, 6.45) is 5.19. The summed E-state index contributed by atoms with van der Waals surface area (Å²) in [6.45, 7) is 22.8. The molecule has 0 atom stereocenters. The van der Waals surface area contributed by atoms with Crippen LogP contribution >= 0.6 is 12.6 Å². The van der Waals surface area contributed by atoms with E-state index in [0.717, 1.165) is 51.9 Å². The topological polar surface area (TPSA) is 47.9 Å². The molecule has 0 unspecified atom stereocenters. The van der Waals surface area contributed by atoms with Crippen LogP contribution in [-0.2, 0) is 28.8 Å². The van der Waals surface area contributed by atoms with Crippen molar-refractivity contribution in [2.75, 3.05) is 5.75 Å². The minimum Gasteiger partial charge on any atom is -0.507 e. The Labute approximate surface area is 259 Å². The monoisotopic (exact) mass is 586 g/mol. The normalized spacial score (nSPS) is 15.5. The number of benzene rings is 3. The quantitative estimate of drug-likeness (QED) is 0.150. The molecule has 1 saturated heterocycles. The highest BCUT2D eigenvalue weighted by Crippen LogP contribution is 2.38. The third kappa shape index (κ3) is 8.79. The van der Waals surface area contributed by atoms with Crippen LogP contribution in [-0.4, -0.2) is 29.2 Å². The first-order valence-electron chi connectivity index (χ1n) is 14.5. The summed E-state index contributed by atoms with van der Waals surface area (Å²) in [4.78, 5) is 0. The van der Waals surface area contributed by atoms with Crippen molar-refractivity contribution in [2.45, 2.75) is 79.1 Å². The molecule has 3 aromatic carbocycles. The van der Waals surface area contributed by atoms with E-state index in [-0.39, 0.29) is 24.1 Å². The van der Waals surface area contributed by atoms with Gasteiger partial charge in [0.25, 0.3) is 0 Å². The van der Waals surface area contributed by atoms with Crippen molar-refractivity contribution >= 4 is 25.2 Å². The molecule has 1 aliphatic heterocycles. The Balaban J connectivity index is 0.000000730. The predicted molar refractivity (Wildman–Crippen MR) is 181 cm³/mol. The molecule has 0 aromatic heterocycles. The molecule has 6 heteroatoms. The van der Waals surface area contributed by atoms with Crippen LogP contribution in [0.3, 0.4) is 0 Å². The van der Waals surface area contributed by atoms with Gasteiger partial charge in [-0.25, -0.2) is 0 Å². The Morgan fingerprint density at radius 2 is 1.29 bits per heavy atom. The van der Waals surface area contributed by atoms with E-state index in [9.17, 15) is 5.11 Å². The molecular formula is C36H47BO4S. The maximum absolute atomic E-state index is 10.7. The standard InChI is InChI=1S/C31H35BO4.C5H12S/c1-7-9-22-13-17-28(33)26(19-22)27-20-23(10-8-2)14-18-29(27)34-21-24-11-15-25(16-12-24)32-35-30(3,4)31(5,6)36-32;1-5(2,3)4-6/h7-8,11-20,33H,1-2,9-10,21H2,3-6H3;6H,4H2,1-3H3.